The second-order valence-electron chi connectivity index (χ2n) is 8.58. The van der Waals surface area contributed by atoms with E-state index in [1.54, 1.807) is 25.3 Å². The first-order valence-electron chi connectivity index (χ1n) is 11.1. The van der Waals surface area contributed by atoms with Crippen LogP contribution < -0.4 is 4.74 Å². The first-order valence-corrected chi connectivity index (χ1v) is 11.1. The second-order valence-corrected chi connectivity index (χ2v) is 8.58. The van der Waals surface area contributed by atoms with Crippen molar-refractivity contribution in [2.24, 2.45) is 5.92 Å². The van der Waals surface area contributed by atoms with Crippen molar-refractivity contribution in [2.75, 3.05) is 26.7 Å². The molecule has 0 unspecified atom stereocenters. The van der Waals surface area contributed by atoms with Crippen LogP contribution in [0.1, 0.15) is 43.2 Å². The van der Waals surface area contributed by atoms with Gasteiger partial charge in [0.2, 0.25) is 5.88 Å². The molecule has 0 atom stereocenters. The number of unbranched alkanes of at least 4 members (excludes halogenated alkanes) is 1. The number of aromatic amines is 1. The van der Waals surface area contributed by atoms with Gasteiger partial charge >= 0.3 is 0 Å². The Morgan fingerprint density at radius 2 is 2.06 bits per heavy atom. The van der Waals surface area contributed by atoms with E-state index in [4.69, 9.17) is 4.74 Å². The van der Waals surface area contributed by atoms with Crippen LogP contribution in [0.4, 0.5) is 4.39 Å². The number of hydrogen-bond acceptors (Lipinski definition) is 5. The fourth-order valence-electron chi connectivity index (χ4n) is 4.27. The summed E-state index contributed by atoms with van der Waals surface area (Å²) in [6.07, 6.45) is 7.62. The summed E-state index contributed by atoms with van der Waals surface area (Å²) in [6.45, 7) is 4.57. The molecule has 1 aromatic carbocycles. The van der Waals surface area contributed by atoms with E-state index in [2.05, 4.69) is 26.9 Å². The lowest BCUT2D eigenvalue weighted by Crippen LogP contribution is -2.30. The molecule has 31 heavy (non-hydrogen) atoms. The number of aliphatic hydroxyl groups excluding tert-OH is 1. The van der Waals surface area contributed by atoms with E-state index in [1.807, 2.05) is 0 Å². The van der Waals surface area contributed by atoms with Gasteiger partial charge in [-0.15, -0.1) is 0 Å². The number of hydrogen-bond donors (Lipinski definition) is 2. The van der Waals surface area contributed by atoms with Crippen LogP contribution in [-0.2, 0) is 6.61 Å². The van der Waals surface area contributed by atoms with Crippen LogP contribution in [0.5, 0.6) is 5.88 Å². The molecule has 0 saturated carbocycles. The predicted molar refractivity (Wildman–Crippen MR) is 120 cm³/mol. The largest absolute Gasteiger partial charge is 0.478 e. The minimum Gasteiger partial charge on any atom is -0.478 e. The van der Waals surface area contributed by atoms with Gasteiger partial charge < -0.3 is 19.7 Å². The van der Waals surface area contributed by atoms with Gasteiger partial charge in [-0.05, 0) is 70.8 Å². The van der Waals surface area contributed by atoms with Gasteiger partial charge in [0.15, 0.2) is 0 Å². The second kappa shape index (κ2) is 9.75. The van der Waals surface area contributed by atoms with E-state index in [0.29, 0.717) is 35.0 Å². The molecule has 1 aliphatic rings. The summed E-state index contributed by atoms with van der Waals surface area (Å²) in [6, 6.07) is 4.90. The van der Waals surface area contributed by atoms with E-state index in [1.165, 1.54) is 38.4 Å². The van der Waals surface area contributed by atoms with Crippen molar-refractivity contribution >= 4 is 11.0 Å². The summed E-state index contributed by atoms with van der Waals surface area (Å²) in [5.41, 5.74) is 3.21. The summed E-state index contributed by atoms with van der Waals surface area (Å²) in [5.74, 6) is 1.63. The number of H-pyrrole nitrogens is 1. The highest BCUT2D eigenvalue weighted by Gasteiger charge is 2.17. The van der Waals surface area contributed by atoms with Crippen molar-refractivity contribution < 1.29 is 14.2 Å². The number of aromatic nitrogens is 3. The molecule has 166 valence electrons. The number of likely N-dealkylation sites (tertiary alicyclic amines) is 1. The maximum absolute atomic E-state index is 13.9. The Morgan fingerprint density at radius 3 is 2.84 bits per heavy atom. The van der Waals surface area contributed by atoms with Gasteiger partial charge in [0.25, 0.3) is 0 Å². The molecule has 7 heteroatoms. The van der Waals surface area contributed by atoms with E-state index < -0.39 is 0 Å². The van der Waals surface area contributed by atoms with E-state index in [0.717, 1.165) is 29.8 Å². The number of aliphatic hydroxyl groups is 1. The minimum absolute atomic E-state index is 0.163. The van der Waals surface area contributed by atoms with Gasteiger partial charge in [-0.1, -0.05) is 6.42 Å². The molecule has 1 fully saturated rings. The third-order valence-corrected chi connectivity index (χ3v) is 6.32. The number of pyridine rings is 1. The molecule has 1 aliphatic heterocycles. The number of nitrogens with one attached hydrogen (secondary N) is 1. The summed E-state index contributed by atoms with van der Waals surface area (Å²) in [5, 5.41) is 9.74. The molecule has 0 spiro atoms. The van der Waals surface area contributed by atoms with E-state index in [-0.39, 0.29) is 12.4 Å². The van der Waals surface area contributed by atoms with E-state index >= 15 is 0 Å². The normalized spacial score (nSPS) is 15.6. The third kappa shape index (κ3) is 5.05. The number of aryl methyl sites for hydroxylation is 1. The molecular formula is C24H31FN4O2. The van der Waals surface area contributed by atoms with Crippen LogP contribution in [0.15, 0.2) is 24.4 Å². The molecule has 1 saturated heterocycles. The van der Waals surface area contributed by atoms with Gasteiger partial charge in [-0.25, -0.2) is 14.4 Å². The number of benzene rings is 1. The van der Waals surface area contributed by atoms with Gasteiger partial charge in [-0.2, -0.15) is 0 Å². The zero-order valence-corrected chi connectivity index (χ0v) is 18.3. The molecule has 2 N–H and O–H groups in total. The lowest BCUT2D eigenvalue weighted by Gasteiger charge is -2.28. The predicted octanol–water partition coefficient (Wildman–Crippen LogP) is 4.46. The van der Waals surface area contributed by atoms with Crippen molar-refractivity contribution in [1.29, 1.82) is 0 Å². The summed E-state index contributed by atoms with van der Waals surface area (Å²) >= 11 is 0. The van der Waals surface area contributed by atoms with Crippen molar-refractivity contribution in [3.8, 4) is 17.3 Å². The van der Waals surface area contributed by atoms with Gasteiger partial charge in [0.05, 0.1) is 24.2 Å². The Kier molecular flexibility index (Phi) is 6.83. The molecule has 3 heterocycles. The summed E-state index contributed by atoms with van der Waals surface area (Å²) in [7, 11) is 2.19. The first-order chi connectivity index (χ1) is 15.0. The number of piperidine rings is 1. The monoisotopic (exact) mass is 426 g/mol. The smallest absolute Gasteiger partial charge is 0.213 e. The molecule has 6 nitrogen and oxygen atoms in total. The average Bonchev–Trinajstić information content (AvgIpc) is 3.22. The molecule has 2 aromatic heterocycles. The number of fused-ring (bicyclic) bond motifs is 1. The topological polar surface area (TPSA) is 74.3 Å². The summed E-state index contributed by atoms with van der Waals surface area (Å²) < 4.78 is 19.8. The van der Waals surface area contributed by atoms with Crippen molar-refractivity contribution in [3.63, 3.8) is 0 Å². The highest BCUT2D eigenvalue weighted by molar-refractivity contribution is 5.83. The standard InChI is InChI=1S/C24H31FN4O2/c1-16-20(25)6-7-21-23(16)28-24(27-21)19-13-22(26-14-18(19)15-30)31-12-4-3-5-17-8-10-29(2)11-9-17/h6-7,13-14,17,30H,3-5,8-12,15H2,1-2H3,(H,27,28). The minimum atomic E-state index is -0.285. The van der Waals surface area contributed by atoms with Gasteiger partial charge in [0, 0.05) is 29.0 Å². The number of imidazole rings is 1. The van der Waals surface area contributed by atoms with Crippen molar-refractivity contribution in [3.05, 3.63) is 41.3 Å². The molecule has 0 bridgehead atoms. The first kappa shape index (κ1) is 21.7. The maximum atomic E-state index is 13.9. The Hall–Kier alpha value is -2.51. The van der Waals surface area contributed by atoms with Crippen LogP contribution in [-0.4, -0.2) is 51.7 Å². The Labute approximate surface area is 182 Å². The highest BCUT2D eigenvalue weighted by Crippen LogP contribution is 2.28. The molecule has 4 rings (SSSR count). The van der Waals surface area contributed by atoms with Crippen LogP contribution >= 0.6 is 0 Å². The lowest BCUT2D eigenvalue weighted by atomic mass is 9.92. The Morgan fingerprint density at radius 1 is 1.26 bits per heavy atom. The number of halogens is 1. The van der Waals surface area contributed by atoms with Crippen LogP contribution in [0.25, 0.3) is 22.4 Å². The van der Waals surface area contributed by atoms with Gasteiger partial charge in [-0.3, -0.25) is 0 Å². The van der Waals surface area contributed by atoms with Crippen molar-refractivity contribution in [1.82, 2.24) is 19.9 Å². The van der Waals surface area contributed by atoms with Gasteiger partial charge in [0.1, 0.15) is 11.6 Å². The molecule has 0 aliphatic carbocycles. The average molecular weight is 427 g/mol. The molecule has 0 amide bonds. The quantitative estimate of drug-likeness (QED) is 0.521. The zero-order chi connectivity index (χ0) is 21.8. The van der Waals surface area contributed by atoms with Crippen LogP contribution in [0.3, 0.4) is 0 Å². The Bertz CT molecular complexity index is 1030. The van der Waals surface area contributed by atoms with Crippen molar-refractivity contribution in [2.45, 2.75) is 45.6 Å². The molecule has 0 radical (unpaired) electrons. The molecule has 3 aromatic rings. The van der Waals surface area contributed by atoms with E-state index in [9.17, 15) is 9.50 Å². The zero-order valence-electron chi connectivity index (χ0n) is 18.3. The lowest BCUT2D eigenvalue weighted by molar-refractivity contribution is 0.205. The highest BCUT2D eigenvalue weighted by atomic mass is 19.1. The number of ether oxygens (including phenoxy) is 1. The number of rotatable bonds is 8. The van der Waals surface area contributed by atoms with Crippen LogP contribution in [0.2, 0.25) is 0 Å². The summed E-state index contributed by atoms with van der Waals surface area (Å²) in [4.78, 5) is 14.5. The fraction of sp³-hybridized carbons (Fsp3) is 0.500. The van der Waals surface area contributed by atoms with Crippen LogP contribution in [0, 0.1) is 18.7 Å². The number of nitrogens with zero attached hydrogens (tertiary/aromatic N) is 3. The SMILES string of the molecule is Cc1c(F)ccc2[nH]c(-c3cc(OCCCCC4CCN(C)CC4)ncc3CO)nc12. The molecular weight excluding hydrogens is 395 g/mol. The fourth-order valence-corrected chi connectivity index (χ4v) is 4.27. The third-order valence-electron chi connectivity index (χ3n) is 6.32. The Balaban J connectivity index is 1.39. The maximum Gasteiger partial charge on any atom is 0.213 e.